The van der Waals surface area contributed by atoms with Crippen LogP contribution in [-0.4, -0.2) is 54.3 Å². The van der Waals surface area contributed by atoms with Crippen LogP contribution in [0, 0.1) is 17.8 Å². The van der Waals surface area contributed by atoms with Gasteiger partial charge in [0.25, 0.3) is 5.91 Å². The van der Waals surface area contributed by atoms with Crippen molar-refractivity contribution in [2.45, 2.75) is 50.0 Å². The first-order valence-corrected chi connectivity index (χ1v) is 15.5. The van der Waals surface area contributed by atoms with Gasteiger partial charge in [0.05, 0.1) is 25.0 Å². The van der Waals surface area contributed by atoms with Gasteiger partial charge in [0.15, 0.2) is 0 Å². The van der Waals surface area contributed by atoms with E-state index in [9.17, 15) is 15.0 Å². The van der Waals surface area contributed by atoms with Crippen molar-refractivity contribution in [3.63, 3.8) is 0 Å². The lowest BCUT2D eigenvalue weighted by atomic mass is 9.68. The molecule has 6 nitrogen and oxygen atoms in total. The Balaban J connectivity index is 1.37. The number of fused-ring (bicyclic) bond motifs is 4. The van der Waals surface area contributed by atoms with Gasteiger partial charge in [-0.15, -0.1) is 0 Å². The topological polar surface area (TPSA) is 82.0 Å². The molecular formula is C31H37ClN2O4S. The van der Waals surface area contributed by atoms with Crippen LogP contribution in [0.3, 0.4) is 0 Å². The van der Waals surface area contributed by atoms with Gasteiger partial charge in [-0.1, -0.05) is 29.8 Å². The lowest BCUT2D eigenvalue weighted by molar-refractivity contribution is 0.0176. The maximum atomic E-state index is 13.1. The minimum absolute atomic E-state index is 0.00372. The Morgan fingerprint density at radius 1 is 1.21 bits per heavy atom. The van der Waals surface area contributed by atoms with Crippen molar-refractivity contribution in [3.05, 3.63) is 70.3 Å². The number of aryl methyl sites for hydroxylation is 1. The maximum Gasteiger partial charge on any atom is 0.261 e. The molecule has 1 saturated carbocycles. The first kappa shape index (κ1) is 27.0. The highest BCUT2D eigenvalue weighted by Crippen LogP contribution is 2.46. The number of aliphatic hydroxyl groups is 2. The van der Waals surface area contributed by atoms with Crippen molar-refractivity contribution in [2.24, 2.45) is 17.8 Å². The molecule has 2 aromatic rings. The Morgan fingerprint density at radius 2 is 2.10 bits per heavy atom. The number of anilines is 1. The predicted octanol–water partition coefficient (Wildman–Crippen LogP) is 5.15. The van der Waals surface area contributed by atoms with Gasteiger partial charge in [-0.25, -0.2) is 0 Å². The molecule has 3 N–H and O–H groups in total. The fourth-order valence-corrected chi connectivity index (χ4v) is 7.85. The number of benzene rings is 2. The number of aliphatic hydroxyl groups excluding tert-OH is 2. The number of halogens is 1. The van der Waals surface area contributed by atoms with Crippen LogP contribution in [0.2, 0.25) is 5.02 Å². The summed E-state index contributed by atoms with van der Waals surface area (Å²) in [7, 11) is 0. The molecule has 2 aliphatic carbocycles. The number of ether oxygens (including phenoxy) is 1. The van der Waals surface area contributed by atoms with Gasteiger partial charge < -0.3 is 19.8 Å². The van der Waals surface area contributed by atoms with Gasteiger partial charge in [0.2, 0.25) is 0 Å². The molecule has 1 amide bonds. The average molecular weight is 569 g/mol. The smallest absolute Gasteiger partial charge is 0.261 e. The molecule has 2 aromatic carbocycles. The molecule has 1 fully saturated rings. The third kappa shape index (κ3) is 5.43. The zero-order valence-corrected chi connectivity index (χ0v) is 23.7. The molecule has 4 aliphatic rings. The molecule has 2 aliphatic heterocycles. The van der Waals surface area contributed by atoms with Gasteiger partial charge in [-0.2, -0.15) is 0 Å². The molecule has 0 radical (unpaired) electrons. The molecule has 2 heterocycles. The van der Waals surface area contributed by atoms with Crippen LogP contribution in [0.1, 0.15) is 53.6 Å². The van der Waals surface area contributed by atoms with Gasteiger partial charge in [0, 0.05) is 40.8 Å². The van der Waals surface area contributed by atoms with E-state index in [0.29, 0.717) is 30.3 Å². The van der Waals surface area contributed by atoms with Crippen LogP contribution in [0.15, 0.2) is 48.6 Å². The summed E-state index contributed by atoms with van der Waals surface area (Å²) in [4.78, 5) is 15.6. The molecule has 6 rings (SSSR count). The first-order valence-electron chi connectivity index (χ1n) is 14.1. The zero-order chi connectivity index (χ0) is 27.0. The molecular weight excluding hydrogens is 532 g/mol. The fourth-order valence-electron chi connectivity index (χ4n) is 6.89. The summed E-state index contributed by atoms with van der Waals surface area (Å²) in [6.45, 7) is 2.19. The van der Waals surface area contributed by atoms with Crippen LogP contribution >= 0.6 is 23.5 Å². The van der Waals surface area contributed by atoms with E-state index in [1.807, 2.05) is 36.4 Å². The van der Waals surface area contributed by atoms with Crippen LogP contribution in [0.4, 0.5) is 5.69 Å². The lowest BCUT2D eigenvalue weighted by Crippen LogP contribution is -2.49. The molecule has 0 aromatic heterocycles. The van der Waals surface area contributed by atoms with Crippen molar-refractivity contribution in [1.29, 1.82) is 0 Å². The molecule has 5 atom stereocenters. The Bertz CT molecular complexity index is 1260. The van der Waals surface area contributed by atoms with Gasteiger partial charge >= 0.3 is 0 Å². The highest BCUT2D eigenvalue weighted by Gasteiger charge is 2.44. The number of carbonyl (C=O) groups is 1. The third-order valence-electron chi connectivity index (χ3n) is 9.21. The Hall–Kier alpha value is -2.19. The monoisotopic (exact) mass is 568 g/mol. The SMILES string of the molecule is O=C1NSC[C@H](CO)/C=C\C[C@H](O)[C@@H]2CC[C@H]2CN2C[C@@]3(CCCc4cc(Cl)ccc43)COc3ccc1cc32. The number of hydrogen-bond acceptors (Lipinski definition) is 6. The minimum Gasteiger partial charge on any atom is -0.490 e. The Morgan fingerprint density at radius 3 is 2.92 bits per heavy atom. The Kier molecular flexibility index (Phi) is 7.86. The van der Waals surface area contributed by atoms with Gasteiger partial charge in [-0.05, 0) is 104 Å². The van der Waals surface area contributed by atoms with E-state index in [4.69, 9.17) is 16.3 Å². The summed E-state index contributed by atoms with van der Waals surface area (Å²) in [6, 6.07) is 12.0. The molecule has 2 bridgehead atoms. The van der Waals surface area contributed by atoms with E-state index in [-0.39, 0.29) is 29.8 Å². The summed E-state index contributed by atoms with van der Waals surface area (Å²) >= 11 is 7.69. The molecule has 0 saturated heterocycles. The van der Waals surface area contributed by atoms with Crippen molar-refractivity contribution < 1.29 is 19.7 Å². The normalized spacial score (nSPS) is 31.7. The van der Waals surface area contributed by atoms with Crippen LogP contribution in [-0.2, 0) is 11.8 Å². The molecule has 1 spiro atoms. The fraction of sp³-hybridized carbons (Fsp3) is 0.516. The zero-order valence-electron chi connectivity index (χ0n) is 22.2. The summed E-state index contributed by atoms with van der Waals surface area (Å²) in [5.74, 6) is 1.74. The quantitative estimate of drug-likeness (QED) is 0.326. The molecule has 39 heavy (non-hydrogen) atoms. The summed E-state index contributed by atoms with van der Waals surface area (Å²) in [5, 5.41) is 21.6. The third-order valence-corrected chi connectivity index (χ3v) is 10.4. The number of rotatable bonds is 1. The van der Waals surface area contributed by atoms with E-state index in [0.717, 1.165) is 61.7 Å². The molecule has 8 heteroatoms. The minimum atomic E-state index is -0.403. The van der Waals surface area contributed by atoms with Crippen LogP contribution in [0.25, 0.3) is 0 Å². The van der Waals surface area contributed by atoms with Crippen molar-refractivity contribution in [1.82, 2.24) is 4.72 Å². The lowest BCUT2D eigenvalue weighted by Gasteiger charge is -2.45. The van der Waals surface area contributed by atoms with Gasteiger partial charge in [0.1, 0.15) is 5.75 Å². The van der Waals surface area contributed by atoms with E-state index in [1.165, 1.54) is 23.1 Å². The Labute approximate surface area is 239 Å². The average Bonchev–Trinajstić information content (AvgIpc) is 3.06. The highest BCUT2D eigenvalue weighted by molar-refractivity contribution is 7.97. The number of carbonyl (C=O) groups excluding carboxylic acids is 1. The largest absolute Gasteiger partial charge is 0.490 e. The molecule has 208 valence electrons. The second-order valence-electron chi connectivity index (χ2n) is 11.7. The summed E-state index contributed by atoms with van der Waals surface area (Å²) in [5.41, 5.74) is 4.00. The summed E-state index contributed by atoms with van der Waals surface area (Å²) in [6.07, 6.45) is 9.37. The van der Waals surface area contributed by atoms with E-state index in [2.05, 4.69) is 21.8 Å². The first-order chi connectivity index (χ1) is 19.0. The molecule has 0 unspecified atom stereocenters. The maximum absolute atomic E-state index is 13.1. The summed E-state index contributed by atoms with van der Waals surface area (Å²) < 4.78 is 9.51. The number of amides is 1. The van der Waals surface area contributed by atoms with Crippen molar-refractivity contribution in [2.75, 3.05) is 37.0 Å². The van der Waals surface area contributed by atoms with Crippen LogP contribution in [0.5, 0.6) is 5.75 Å². The second kappa shape index (κ2) is 11.4. The number of hydrogen-bond donors (Lipinski definition) is 3. The number of nitrogens with zero attached hydrogens (tertiary/aromatic N) is 1. The van der Waals surface area contributed by atoms with E-state index >= 15 is 0 Å². The van der Waals surface area contributed by atoms with E-state index < -0.39 is 6.10 Å². The van der Waals surface area contributed by atoms with Crippen molar-refractivity contribution >= 4 is 35.1 Å². The van der Waals surface area contributed by atoms with E-state index in [1.54, 1.807) is 0 Å². The predicted molar refractivity (Wildman–Crippen MR) is 157 cm³/mol. The highest BCUT2D eigenvalue weighted by atomic mass is 35.5. The standard InChI is InChI=1S/C31H37ClN2O4S/c32-24-8-10-26-21(13-24)4-2-12-31(26)18-34-15-23-6-9-25(23)28(36)5-1-3-20(16-35)17-39-33-30(37)22-7-11-29(38-19-31)27(34)14-22/h1,3,7-8,10-11,13-14,20,23,25,28,35-36H,2,4-6,9,12,15-19H2,(H,33,37)/b3-1-/t20-,23-,25+,28-,31-/m0/s1. The van der Waals surface area contributed by atoms with Crippen LogP contribution < -0.4 is 14.4 Å². The number of nitrogens with one attached hydrogen (secondary N) is 1. The van der Waals surface area contributed by atoms with Gasteiger partial charge in [-0.3, -0.25) is 9.52 Å². The van der Waals surface area contributed by atoms with Crippen molar-refractivity contribution in [3.8, 4) is 5.75 Å². The second-order valence-corrected chi connectivity index (χ2v) is 13.0.